The van der Waals surface area contributed by atoms with Crippen LogP contribution in [0.3, 0.4) is 0 Å². The smallest absolute Gasteiger partial charge is 0.308 e. The minimum Gasteiger partial charge on any atom is -0.481 e. The Morgan fingerprint density at radius 3 is 2.47 bits per heavy atom. The van der Waals surface area contributed by atoms with E-state index in [9.17, 15) is 4.79 Å². The number of carbonyl (C=O) groups is 1. The number of rotatable bonds is 3. The topological polar surface area (TPSA) is 43.8 Å². The SMILES string of the molecule is CN(C)C1CCN(C2CCC2C(=O)O)C1. The second-order valence-corrected chi connectivity index (χ2v) is 4.99. The van der Waals surface area contributed by atoms with Gasteiger partial charge < -0.3 is 10.0 Å². The summed E-state index contributed by atoms with van der Waals surface area (Å²) in [5.41, 5.74) is 0. The van der Waals surface area contributed by atoms with Gasteiger partial charge in [-0.2, -0.15) is 0 Å². The summed E-state index contributed by atoms with van der Waals surface area (Å²) in [6.07, 6.45) is 3.11. The Kier molecular flexibility index (Phi) is 2.98. The summed E-state index contributed by atoms with van der Waals surface area (Å²) in [6, 6.07) is 0.924. The third-order valence-electron chi connectivity index (χ3n) is 3.95. The predicted molar refractivity (Wildman–Crippen MR) is 57.8 cm³/mol. The largest absolute Gasteiger partial charge is 0.481 e. The van der Waals surface area contributed by atoms with Crippen LogP contribution in [-0.4, -0.2) is 60.1 Å². The normalized spacial score (nSPS) is 36.9. The fourth-order valence-corrected chi connectivity index (χ4v) is 2.70. The fourth-order valence-electron chi connectivity index (χ4n) is 2.70. The Bertz CT molecular complexity index is 255. The van der Waals surface area contributed by atoms with E-state index < -0.39 is 5.97 Å². The molecule has 0 bridgehead atoms. The van der Waals surface area contributed by atoms with Gasteiger partial charge in [0.05, 0.1) is 5.92 Å². The molecular formula is C11H20N2O2. The van der Waals surface area contributed by atoms with Crippen molar-refractivity contribution in [1.82, 2.24) is 9.80 Å². The number of likely N-dealkylation sites (tertiary alicyclic amines) is 1. The van der Waals surface area contributed by atoms with Crippen LogP contribution in [0.5, 0.6) is 0 Å². The minimum absolute atomic E-state index is 0.106. The molecule has 2 rings (SSSR count). The summed E-state index contributed by atoms with van der Waals surface area (Å²) >= 11 is 0. The molecule has 1 saturated carbocycles. The van der Waals surface area contributed by atoms with Crippen LogP contribution in [0.15, 0.2) is 0 Å². The van der Waals surface area contributed by atoms with Gasteiger partial charge in [0, 0.05) is 25.2 Å². The number of likely N-dealkylation sites (N-methyl/N-ethyl adjacent to an activating group) is 1. The van der Waals surface area contributed by atoms with Crippen molar-refractivity contribution in [3.8, 4) is 0 Å². The highest BCUT2D eigenvalue weighted by Crippen LogP contribution is 2.34. The Morgan fingerprint density at radius 2 is 2.07 bits per heavy atom. The van der Waals surface area contributed by atoms with Gasteiger partial charge in [0.25, 0.3) is 0 Å². The molecule has 1 aliphatic heterocycles. The number of hydrogen-bond donors (Lipinski definition) is 1. The Morgan fingerprint density at radius 1 is 1.33 bits per heavy atom. The van der Waals surface area contributed by atoms with Crippen LogP contribution in [0.1, 0.15) is 19.3 Å². The standard InChI is InChI=1S/C11H20N2O2/c1-12(2)8-5-6-13(7-8)10-4-3-9(10)11(14)15/h8-10H,3-7H2,1-2H3,(H,14,15). The van der Waals surface area contributed by atoms with Crippen LogP contribution in [0, 0.1) is 5.92 Å². The highest BCUT2D eigenvalue weighted by molar-refractivity contribution is 5.72. The van der Waals surface area contributed by atoms with E-state index in [-0.39, 0.29) is 5.92 Å². The van der Waals surface area contributed by atoms with E-state index in [2.05, 4.69) is 23.9 Å². The van der Waals surface area contributed by atoms with Gasteiger partial charge in [-0.1, -0.05) is 0 Å². The summed E-state index contributed by atoms with van der Waals surface area (Å²) in [6.45, 7) is 2.11. The molecule has 0 aromatic carbocycles. The molecule has 4 nitrogen and oxygen atoms in total. The average Bonchev–Trinajstić information content (AvgIpc) is 2.49. The second kappa shape index (κ2) is 4.10. The van der Waals surface area contributed by atoms with Gasteiger partial charge in [0.2, 0.25) is 0 Å². The quantitative estimate of drug-likeness (QED) is 0.739. The van der Waals surface area contributed by atoms with Crippen molar-refractivity contribution in [2.75, 3.05) is 27.2 Å². The molecule has 1 saturated heterocycles. The Hall–Kier alpha value is -0.610. The predicted octanol–water partition coefficient (Wildman–Crippen LogP) is 0.485. The van der Waals surface area contributed by atoms with Gasteiger partial charge in [-0.05, 0) is 33.4 Å². The van der Waals surface area contributed by atoms with Crippen molar-refractivity contribution in [1.29, 1.82) is 0 Å². The zero-order valence-electron chi connectivity index (χ0n) is 9.52. The van der Waals surface area contributed by atoms with Gasteiger partial charge >= 0.3 is 5.97 Å². The van der Waals surface area contributed by atoms with E-state index >= 15 is 0 Å². The summed E-state index contributed by atoms with van der Waals surface area (Å²) in [5.74, 6) is -0.717. The molecule has 0 radical (unpaired) electrons. The second-order valence-electron chi connectivity index (χ2n) is 4.99. The molecular weight excluding hydrogens is 192 g/mol. The van der Waals surface area contributed by atoms with Crippen molar-refractivity contribution in [3.05, 3.63) is 0 Å². The van der Waals surface area contributed by atoms with Gasteiger partial charge in [-0.25, -0.2) is 0 Å². The first-order valence-corrected chi connectivity index (χ1v) is 5.73. The maximum atomic E-state index is 10.9. The highest BCUT2D eigenvalue weighted by atomic mass is 16.4. The molecule has 0 spiro atoms. The molecule has 2 fully saturated rings. The summed E-state index contributed by atoms with van der Waals surface area (Å²) in [5, 5.41) is 9.00. The molecule has 15 heavy (non-hydrogen) atoms. The van der Waals surface area contributed by atoms with Gasteiger partial charge in [0.15, 0.2) is 0 Å². The van der Waals surface area contributed by atoms with Crippen molar-refractivity contribution >= 4 is 5.97 Å². The minimum atomic E-state index is -0.612. The lowest BCUT2D eigenvalue weighted by atomic mass is 9.78. The number of hydrogen-bond acceptors (Lipinski definition) is 3. The maximum Gasteiger partial charge on any atom is 0.308 e. The average molecular weight is 212 g/mol. The number of nitrogens with zero attached hydrogens (tertiary/aromatic N) is 2. The van der Waals surface area contributed by atoms with Crippen LogP contribution < -0.4 is 0 Å². The van der Waals surface area contributed by atoms with Crippen molar-refractivity contribution in [2.45, 2.75) is 31.3 Å². The van der Waals surface area contributed by atoms with Crippen LogP contribution in [0.2, 0.25) is 0 Å². The summed E-state index contributed by atoms with van der Waals surface area (Å²) < 4.78 is 0. The summed E-state index contributed by atoms with van der Waals surface area (Å²) in [7, 11) is 4.20. The van der Waals surface area contributed by atoms with E-state index in [1.807, 2.05) is 0 Å². The highest BCUT2D eigenvalue weighted by Gasteiger charge is 2.42. The van der Waals surface area contributed by atoms with Crippen LogP contribution in [0.4, 0.5) is 0 Å². The van der Waals surface area contributed by atoms with E-state index in [4.69, 9.17) is 5.11 Å². The monoisotopic (exact) mass is 212 g/mol. The molecule has 0 amide bonds. The summed E-state index contributed by atoms with van der Waals surface area (Å²) in [4.78, 5) is 15.5. The van der Waals surface area contributed by atoms with Gasteiger partial charge in [-0.3, -0.25) is 9.69 Å². The van der Waals surface area contributed by atoms with Gasteiger partial charge in [-0.15, -0.1) is 0 Å². The zero-order chi connectivity index (χ0) is 11.0. The molecule has 3 unspecified atom stereocenters. The van der Waals surface area contributed by atoms with E-state index in [1.54, 1.807) is 0 Å². The van der Waals surface area contributed by atoms with E-state index in [0.717, 1.165) is 25.9 Å². The molecule has 1 heterocycles. The number of carboxylic acid groups (broad SMARTS) is 1. The number of aliphatic carboxylic acids is 1. The lowest BCUT2D eigenvalue weighted by Gasteiger charge is -2.40. The Labute approximate surface area is 90.9 Å². The first-order chi connectivity index (χ1) is 7.09. The molecule has 2 aliphatic rings. The van der Waals surface area contributed by atoms with Gasteiger partial charge in [0.1, 0.15) is 0 Å². The van der Waals surface area contributed by atoms with Crippen molar-refractivity contribution in [3.63, 3.8) is 0 Å². The van der Waals surface area contributed by atoms with Crippen LogP contribution >= 0.6 is 0 Å². The molecule has 1 N–H and O–H groups in total. The number of carboxylic acids is 1. The van der Waals surface area contributed by atoms with E-state index in [1.165, 1.54) is 6.42 Å². The third-order valence-corrected chi connectivity index (χ3v) is 3.95. The lowest BCUT2D eigenvalue weighted by molar-refractivity contribution is -0.148. The van der Waals surface area contributed by atoms with Crippen molar-refractivity contribution in [2.24, 2.45) is 5.92 Å². The molecule has 3 atom stereocenters. The maximum absolute atomic E-state index is 10.9. The molecule has 0 aromatic heterocycles. The first-order valence-electron chi connectivity index (χ1n) is 5.73. The van der Waals surface area contributed by atoms with Crippen LogP contribution in [-0.2, 0) is 4.79 Å². The van der Waals surface area contributed by atoms with E-state index in [0.29, 0.717) is 12.1 Å². The van der Waals surface area contributed by atoms with Crippen LogP contribution in [0.25, 0.3) is 0 Å². The van der Waals surface area contributed by atoms with Crippen molar-refractivity contribution < 1.29 is 9.90 Å². The zero-order valence-corrected chi connectivity index (χ0v) is 9.52. The first kappa shape index (κ1) is 10.9. The fraction of sp³-hybridized carbons (Fsp3) is 0.909. The third kappa shape index (κ3) is 2.01. The molecule has 4 heteroatoms. The molecule has 1 aliphatic carbocycles. The molecule has 86 valence electrons. The lowest BCUT2D eigenvalue weighted by Crippen LogP contribution is -2.50. The molecule has 0 aromatic rings. The Balaban J connectivity index is 1.88.